The van der Waals surface area contributed by atoms with Crippen LogP contribution in [0.4, 0.5) is 0 Å². The number of rotatable bonds is 4. The van der Waals surface area contributed by atoms with E-state index in [1.54, 1.807) is 0 Å². The van der Waals surface area contributed by atoms with Gasteiger partial charge in [0, 0.05) is 5.41 Å². The van der Waals surface area contributed by atoms with Gasteiger partial charge in [-0.1, -0.05) is 25.5 Å². The van der Waals surface area contributed by atoms with Gasteiger partial charge in [0.15, 0.2) is 0 Å². The van der Waals surface area contributed by atoms with Crippen LogP contribution < -0.4 is 0 Å². The van der Waals surface area contributed by atoms with Crippen LogP contribution in [0.5, 0.6) is 0 Å². The molecule has 0 N–H and O–H groups in total. The van der Waals surface area contributed by atoms with Crippen molar-refractivity contribution in [1.82, 2.24) is 0 Å². The van der Waals surface area contributed by atoms with E-state index in [1.807, 2.05) is 13.8 Å². The van der Waals surface area contributed by atoms with Crippen molar-refractivity contribution in [3.63, 3.8) is 0 Å². The van der Waals surface area contributed by atoms with Crippen molar-refractivity contribution in [2.45, 2.75) is 33.6 Å². The first-order chi connectivity index (χ1) is 4.54. The van der Waals surface area contributed by atoms with Gasteiger partial charge in [0.05, 0.1) is 0 Å². The van der Waals surface area contributed by atoms with E-state index in [0.29, 0.717) is 0 Å². The minimum atomic E-state index is -0.323. The Bertz CT molecular complexity index is 134. The predicted octanol–water partition coefficient (Wildman–Crippen LogP) is 2.57. The fourth-order valence-corrected chi connectivity index (χ4v) is 0.707. The van der Waals surface area contributed by atoms with Crippen LogP contribution in [-0.2, 0) is 4.79 Å². The molecule has 0 atom stereocenters. The molecule has 0 radical (unpaired) electrons. The minimum absolute atomic E-state index is 0.323. The zero-order valence-corrected chi connectivity index (χ0v) is 7.11. The molecule has 58 valence electrons. The van der Waals surface area contributed by atoms with Crippen molar-refractivity contribution in [1.29, 1.82) is 0 Å². The zero-order chi connectivity index (χ0) is 8.20. The summed E-state index contributed by atoms with van der Waals surface area (Å²) in [6.45, 7) is 9.75. The molecular formula is C9H16O. The van der Waals surface area contributed by atoms with Crippen LogP contribution in [0.25, 0.3) is 0 Å². The molecule has 0 saturated heterocycles. The van der Waals surface area contributed by atoms with E-state index in [9.17, 15) is 4.79 Å². The largest absolute Gasteiger partial charge is 0.302 e. The summed E-state index contributed by atoms with van der Waals surface area (Å²) in [7, 11) is 0. The molecule has 1 nitrogen and oxygen atoms in total. The third-order valence-electron chi connectivity index (χ3n) is 1.76. The lowest BCUT2D eigenvalue weighted by Crippen LogP contribution is -2.15. The van der Waals surface area contributed by atoms with Crippen molar-refractivity contribution in [3.8, 4) is 0 Å². The van der Waals surface area contributed by atoms with Crippen LogP contribution in [0, 0.1) is 5.41 Å². The Morgan fingerprint density at radius 1 is 1.60 bits per heavy atom. The van der Waals surface area contributed by atoms with Crippen LogP contribution >= 0.6 is 0 Å². The maximum absolute atomic E-state index is 10.5. The Kier molecular flexibility index (Phi) is 3.34. The first-order valence-corrected chi connectivity index (χ1v) is 3.69. The summed E-state index contributed by atoms with van der Waals surface area (Å²) in [6.07, 6.45) is 2.98. The first kappa shape index (κ1) is 9.41. The molecule has 0 aromatic heterocycles. The van der Waals surface area contributed by atoms with E-state index in [-0.39, 0.29) is 5.41 Å². The van der Waals surface area contributed by atoms with Crippen molar-refractivity contribution < 1.29 is 4.79 Å². The van der Waals surface area contributed by atoms with E-state index < -0.39 is 0 Å². The number of hydrogen-bond acceptors (Lipinski definition) is 1. The molecule has 0 spiro atoms. The Hall–Kier alpha value is -0.590. The second-order valence-corrected chi connectivity index (χ2v) is 3.19. The van der Waals surface area contributed by atoms with Crippen LogP contribution in [0.2, 0.25) is 0 Å². The summed E-state index contributed by atoms with van der Waals surface area (Å²) < 4.78 is 0. The van der Waals surface area contributed by atoms with Gasteiger partial charge < -0.3 is 4.79 Å². The van der Waals surface area contributed by atoms with E-state index in [0.717, 1.165) is 24.7 Å². The number of aldehydes is 1. The normalized spacial score (nSPS) is 11.1. The van der Waals surface area contributed by atoms with Gasteiger partial charge in [-0.15, -0.1) is 0 Å². The maximum atomic E-state index is 10.5. The minimum Gasteiger partial charge on any atom is -0.302 e. The predicted molar refractivity (Wildman–Crippen MR) is 43.9 cm³/mol. The van der Waals surface area contributed by atoms with E-state index in [1.165, 1.54) is 0 Å². The smallest absolute Gasteiger partial charge is 0.129 e. The Balaban J connectivity index is 4.04. The Labute approximate surface area is 63.1 Å². The zero-order valence-electron chi connectivity index (χ0n) is 7.11. The third kappa shape index (κ3) is 2.34. The highest BCUT2D eigenvalue weighted by Crippen LogP contribution is 2.25. The molecule has 0 bridgehead atoms. The highest BCUT2D eigenvalue weighted by atomic mass is 16.1. The fraction of sp³-hybridized carbons (Fsp3) is 0.667. The SMILES string of the molecule is C=C(CCC)C(C)(C)C=O. The highest BCUT2D eigenvalue weighted by molar-refractivity contribution is 5.63. The molecular weight excluding hydrogens is 124 g/mol. The Morgan fingerprint density at radius 3 is 2.40 bits per heavy atom. The second kappa shape index (κ2) is 3.55. The van der Waals surface area contributed by atoms with Gasteiger partial charge in [-0.3, -0.25) is 0 Å². The van der Waals surface area contributed by atoms with Gasteiger partial charge in [0.2, 0.25) is 0 Å². The standard InChI is InChI=1S/C9H16O/c1-5-6-8(2)9(3,4)7-10/h7H,2,5-6H2,1,3-4H3. The lowest BCUT2D eigenvalue weighted by molar-refractivity contribution is -0.113. The van der Waals surface area contributed by atoms with Gasteiger partial charge in [-0.2, -0.15) is 0 Å². The second-order valence-electron chi connectivity index (χ2n) is 3.19. The molecule has 0 aromatic carbocycles. The molecule has 0 saturated carbocycles. The number of carbonyl (C=O) groups excluding carboxylic acids is 1. The number of hydrogen-bond donors (Lipinski definition) is 0. The summed E-state index contributed by atoms with van der Waals surface area (Å²) >= 11 is 0. The molecule has 0 aliphatic carbocycles. The molecule has 0 unspecified atom stereocenters. The average molecular weight is 140 g/mol. The topological polar surface area (TPSA) is 17.1 Å². The first-order valence-electron chi connectivity index (χ1n) is 3.69. The molecule has 0 aliphatic heterocycles. The van der Waals surface area contributed by atoms with Crippen molar-refractivity contribution in [3.05, 3.63) is 12.2 Å². The fourth-order valence-electron chi connectivity index (χ4n) is 0.707. The van der Waals surface area contributed by atoms with Crippen LogP contribution in [-0.4, -0.2) is 6.29 Å². The number of allylic oxidation sites excluding steroid dienone is 1. The molecule has 0 rings (SSSR count). The summed E-state index contributed by atoms with van der Waals surface area (Å²) in [6, 6.07) is 0. The Morgan fingerprint density at radius 2 is 2.10 bits per heavy atom. The van der Waals surface area contributed by atoms with Crippen LogP contribution in [0.15, 0.2) is 12.2 Å². The summed E-state index contributed by atoms with van der Waals surface area (Å²) in [5, 5.41) is 0. The van der Waals surface area contributed by atoms with Crippen molar-refractivity contribution in [2.24, 2.45) is 5.41 Å². The summed E-state index contributed by atoms with van der Waals surface area (Å²) in [5.41, 5.74) is 0.709. The van der Waals surface area contributed by atoms with Crippen LogP contribution in [0.3, 0.4) is 0 Å². The van der Waals surface area contributed by atoms with Gasteiger partial charge in [-0.25, -0.2) is 0 Å². The lowest BCUT2D eigenvalue weighted by atomic mass is 9.84. The van der Waals surface area contributed by atoms with Gasteiger partial charge in [-0.05, 0) is 20.3 Å². The monoisotopic (exact) mass is 140 g/mol. The summed E-state index contributed by atoms with van der Waals surface area (Å²) in [5.74, 6) is 0. The van der Waals surface area contributed by atoms with Gasteiger partial charge in [0.25, 0.3) is 0 Å². The highest BCUT2D eigenvalue weighted by Gasteiger charge is 2.19. The van der Waals surface area contributed by atoms with Crippen LogP contribution in [0.1, 0.15) is 33.6 Å². The maximum Gasteiger partial charge on any atom is 0.129 e. The molecule has 0 aromatic rings. The quantitative estimate of drug-likeness (QED) is 0.433. The summed E-state index contributed by atoms with van der Waals surface area (Å²) in [4.78, 5) is 10.5. The van der Waals surface area contributed by atoms with Crippen molar-refractivity contribution >= 4 is 6.29 Å². The molecule has 1 heteroatoms. The van der Waals surface area contributed by atoms with Gasteiger partial charge >= 0.3 is 0 Å². The molecule has 0 fully saturated rings. The van der Waals surface area contributed by atoms with E-state index in [4.69, 9.17) is 0 Å². The molecule has 10 heavy (non-hydrogen) atoms. The van der Waals surface area contributed by atoms with E-state index >= 15 is 0 Å². The van der Waals surface area contributed by atoms with Gasteiger partial charge in [0.1, 0.15) is 6.29 Å². The molecule has 0 heterocycles. The molecule has 0 aliphatic rings. The lowest BCUT2D eigenvalue weighted by Gasteiger charge is -2.19. The molecule has 0 amide bonds. The third-order valence-corrected chi connectivity index (χ3v) is 1.76. The number of carbonyl (C=O) groups is 1. The van der Waals surface area contributed by atoms with E-state index in [2.05, 4.69) is 13.5 Å². The van der Waals surface area contributed by atoms with Crippen molar-refractivity contribution in [2.75, 3.05) is 0 Å². The average Bonchev–Trinajstić information content (AvgIpc) is 1.89.